The van der Waals surface area contributed by atoms with Crippen LogP contribution in [0.2, 0.25) is 0 Å². The monoisotopic (exact) mass is 1260 g/mol. The third-order valence-corrected chi connectivity index (χ3v) is 19.1. The zero-order valence-electron chi connectivity index (χ0n) is 53.2. The molecule has 4 aromatic carbocycles. The molecule has 9 rings (SSSR count). The van der Waals surface area contributed by atoms with Gasteiger partial charge in [0.15, 0.2) is 11.5 Å². The molecule has 0 unspecified atom stereocenters. The zero-order chi connectivity index (χ0) is 65.4. The highest BCUT2D eigenvalue weighted by Crippen LogP contribution is 2.44. The van der Waals surface area contributed by atoms with Gasteiger partial charge in [0.1, 0.15) is 17.2 Å². The number of likely N-dealkylation sites (N-methyl/N-ethyl adjacent to an activating group) is 3. The van der Waals surface area contributed by atoms with Crippen LogP contribution in [0.5, 0.6) is 28.7 Å². The van der Waals surface area contributed by atoms with E-state index in [2.05, 4.69) is 19.4 Å². The lowest BCUT2D eigenvalue weighted by molar-refractivity contribution is -0.144. The number of hydrogen-bond acceptors (Lipinski definition) is 17. The Morgan fingerprint density at radius 1 is 0.584 bits per heavy atom. The summed E-state index contributed by atoms with van der Waals surface area (Å²) in [6.07, 6.45) is 3.10. The van der Waals surface area contributed by atoms with Crippen LogP contribution < -0.4 is 34.1 Å². The second-order valence-corrected chi connectivity index (χ2v) is 25.7. The van der Waals surface area contributed by atoms with Crippen molar-refractivity contribution in [1.82, 2.24) is 29.2 Å². The normalized spacial score (nSPS) is 25.8. The average Bonchev–Trinajstić information content (AvgIpc) is 1.99. The molecule has 5 heterocycles. The summed E-state index contributed by atoms with van der Waals surface area (Å²) in [4.78, 5) is 69.8. The van der Waals surface area contributed by atoms with Crippen LogP contribution in [-0.2, 0) is 34.0 Å². The number of nitrogens with zero attached hydrogens (tertiary/aromatic N) is 5. The van der Waals surface area contributed by atoms with Gasteiger partial charge in [0.05, 0.1) is 57.8 Å². The van der Waals surface area contributed by atoms with Gasteiger partial charge in [-0.3, -0.25) is 28.9 Å². The van der Waals surface area contributed by atoms with E-state index in [9.17, 15) is 52.8 Å². The van der Waals surface area contributed by atoms with E-state index >= 15 is 0 Å². The van der Waals surface area contributed by atoms with E-state index in [4.69, 9.17) is 29.4 Å². The summed E-state index contributed by atoms with van der Waals surface area (Å²) >= 11 is 0. The van der Waals surface area contributed by atoms with Crippen LogP contribution in [0.1, 0.15) is 92.9 Å². The Bertz CT molecular complexity index is 2890. The molecule has 1 amide bonds. The number of amides is 1. The number of benzene rings is 4. The van der Waals surface area contributed by atoms with Crippen molar-refractivity contribution in [1.29, 1.82) is 0 Å². The fourth-order valence-electron chi connectivity index (χ4n) is 13.1. The van der Waals surface area contributed by atoms with E-state index in [1.807, 2.05) is 133 Å². The molecule has 490 valence electrons. The van der Waals surface area contributed by atoms with E-state index in [-0.39, 0.29) is 85.8 Å². The van der Waals surface area contributed by atoms with Crippen LogP contribution in [0, 0.1) is 23.7 Å². The predicted octanol–water partition coefficient (Wildman–Crippen LogP) is 5.85. The molecule has 89 heavy (non-hydrogen) atoms. The number of fused-ring (bicyclic) bond motifs is 1. The number of unbranched alkanes of at least 4 members (excludes halogenated alkanes) is 1. The Balaban J connectivity index is 0.000000200. The molecule has 5 aliphatic rings. The first kappa shape index (κ1) is 71.0. The standard InChI is InChI=1S/C23H36N4O7S.3C14H19NO3/c1-3-4-10-26(11-8-24)21(28)14-27-13-17(16-5-6-19-20(12-16)34-15-33-19)22(23(29)30)18(27)7-9-25-35(2,31)32;3*1-9-13(14(16)17)12(8-15(9)2)10-4-6-11(18-3)7-5-10/h5-6,12,17-18,22,25H,3-4,7-11,13-15,24H2,1-2H3,(H,29,30);3*4-7,9,12-13H,8H2,1-3H3,(H,16,17)/t17-,18+,22-;3*9-,12+,13-/m1000/s1. The molecule has 0 aliphatic carbocycles. The van der Waals surface area contributed by atoms with Gasteiger partial charge >= 0.3 is 23.9 Å². The summed E-state index contributed by atoms with van der Waals surface area (Å²) in [6, 6.07) is 28.1. The lowest BCUT2D eigenvalue weighted by Gasteiger charge is -2.29. The molecule has 4 saturated heterocycles. The summed E-state index contributed by atoms with van der Waals surface area (Å²) in [5, 5.41) is 38.3. The van der Waals surface area contributed by atoms with Gasteiger partial charge in [-0.25, -0.2) is 13.1 Å². The van der Waals surface area contributed by atoms with Crippen LogP contribution in [0.3, 0.4) is 0 Å². The number of carbonyl (C=O) groups excluding carboxylic acids is 1. The van der Waals surface area contributed by atoms with Crippen molar-refractivity contribution in [2.24, 2.45) is 29.4 Å². The van der Waals surface area contributed by atoms with E-state index in [0.717, 1.165) is 78.2 Å². The molecule has 0 saturated carbocycles. The molecule has 5 aliphatic heterocycles. The van der Waals surface area contributed by atoms with Gasteiger partial charge in [-0.15, -0.1) is 0 Å². The number of sulfonamides is 1. The number of nitrogens with two attached hydrogens (primary N) is 1. The zero-order valence-corrected chi connectivity index (χ0v) is 54.0. The van der Waals surface area contributed by atoms with Crippen molar-refractivity contribution >= 4 is 39.8 Å². The smallest absolute Gasteiger partial charge is 0.308 e. The van der Waals surface area contributed by atoms with Crippen LogP contribution in [0.15, 0.2) is 91.0 Å². The average molecular weight is 1260 g/mol. The number of carboxylic acid groups (broad SMARTS) is 4. The van der Waals surface area contributed by atoms with E-state index in [1.54, 1.807) is 38.4 Å². The summed E-state index contributed by atoms with van der Waals surface area (Å²) in [5.74, 6) is -1.81. The van der Waals surface area contributed by atoms with Crippen molar-refractivity contribution < 1.29 is 76.5 Å². The second-order valence-electron chi connectivity index (χ2n) is 23.8. The van der Waals surface area contributed by atoms with Gasteiger partial charge in [-0.1, -0.05) is 55.8 Å². The van der Waals surface area contributed by atoms with Gasteiger partial charge in [0.25, 0.3) is 0 Å². The first-order valence-electron chi connectivity index (χ1n) is 30.3. The maximum absolute atomic E-state index is 13.2. The first-order chi connectivity index (χ1) is 42.3. The number of hydrogen-bond donors (Lipinski definition) is 6. The van der Waals surface area contributed by atoms with Crippen molar-refractivity contribution in [2.75, 3.05) is 114 Å². The minimum atomic E-state index is -3.43. The third kappa shape index (κ3) is 18.3. The molecule has 4 fully saturated rings. The predicted molar refractivity (Wildman–Crippen MR) is 337 cm³/mol. The van der Waals surface area contributed by atoms with Crippen molar-refractivity contribution in [3.8, 4) is 28.7 Å². The molecular formula is C65H93N7O16S. The van der Waals surface area contributed by atoms with Crippen LogP contribution >= 0.6 is 0 Å². The number of methoxy groups -OCH3 is 3. The molecule has 23 nitrogen and oxygen atoms in total. The Hall–Kier alpha value is -7.06. The Morgan fingerprint density at radius 2 is 0.966 bits per heavy atom. The van der Waals surface area contributed by atoms with E-state index < -0.39 is 51.8 Å². The highest BCUT2D eigenvalue weighted by Gasteiger charge is 2.48. The highest BCUT2D eigenvalue weighted by atomic mass is 32.2. The van der Waals surface area contributed by atoms with Gasteiger partial charge < -0.3 is 69.4 Å². The van der Waals surface area contributed by atoms with Crippen molar-refractivity contribution in [3.05, 3.63) is 113 Å². The number of likely N-dealkylation sites (tertiary alicyclic amines) is 4. The highest BCUT2D eigenvalue weighted by molar-refractivity contribution is 7.88. The van der Waals surface area contributed by atoms with Crippen LogP contribution in [0.4, 0.5) is 0 Å². The topological polar surface area (TPSA) is 301 Å². The molecule has 0 radical (unpaired) electrons. The SMILES string of the molecule is CCCCN(CCN)C(=O)CN1C[C@H](c2ccc3c(c2)OCO3)[C@@H](C(=O)O)[C@@H]1CCNS(C)(=O)=O.COc1ccc([C@H]2CN(C)[C@@H](C)[C@@H]2C(=O)O)cc1.COc1ccc([C@H]2CN(C)[C@@H](C)[C@@H]2C(=O)O)cc1.COc1ccc([C@H]2CN(C)[C@@H](C)[C@@H]2C(=O)O)cc1. The summed E-state index contributed by atoms with van der Waals surface area (Å²) in [6.45, 7) is 12.3. The largest absolute Gasteiger partial charge is 0.497 e. The first-order valence-corrected chi connectivity index (χ1v) is 32.2. The van der Waals surface area contributed by atoms with Gasteiger partial charge in [0, 0.05) is 100 Å². The Morgan fingerprint density at radius 3 is 1.33 bits per heavy atom. The fraction of sp³-hybridized carbons (Fsp3) is 0.554. The second kappa shape index (κ2) is 32.6. The maximum Gasteiger partial charge on any atom is 0.308 e. The van der Waals surface area contributed by atoms with Crippen molar-refractivity contribution in [2.45, 2.75) is 94.8 Å². The molecule has 7 N–H and O–H groups in total. The minimum absolute atomic E-state index is 0.0398. The fourth-order valence-corrected chi connectivity index (χ4v) is 13.6. The number of carbonyl (C=O) groups is 5. The summed E-state index contributed by atoms with van der Waals surface area (Å²) < 4.78 is 51.9. The molecule has 0 bridgehead atoms. The number of aliphatic carboxylic acids is 4. The van der Waals surface area contributed by atoms with Gasteiger partial charge in [-0.2, -0.15) is 0 Å². The minimum Gasteiger partial charge on any atom is -0.497 e. The molecule has 24 heteroatoms. The lowest BCUT2D eigenvalue weighted by Crippen LogP contribution is -2.46. The van der Waals surface area contributed by atoms with E-state index in [0.29, 0.717) is 37.7 Å². The Labute approximate surface area is 524 Å². The van der Waals surface area contributed by atoms with E-state index in [1.165, 1.54) is 0 Å². The van der Waals surface area contributed by atoms with Crippen LogP contribution in [-0.4, -0.2) is 222 Å². The molecule has 4 aromatic rings. The molecule has 0 spiro atoms. The van der Waals surface area contributed by atoms with Crippen molar-refractivity contribution in [3.63, 3.8) is 0 Å². The maximum atomic E-state index is 13.2. The number of rotatable bonds is 22. The van der Waals surface area contributed by atoms with Gasteiger partial charge in [-0.05, 0) is 126 Å². The third-order valence-electron chi connectivity index (χ3n) is 18.4. The molecule has 0 aromatic heterocycles. The molecule has 12 atom stereocenters. The number of carboxylic acids is 4. The quantitative estimate of drug-likeness (QED) is 0.0538. The summed E-state index contributed by atoms with van der Waals surface area (Å²) in [5.41, 5.74) is 9.70. The Kier molecular flexibility index (Phi) is 26.0. The summed E-state index contributed by atoms with van der Waals surface area (Å²) in [7, 11) is 7.37. The molecular weight excluding hydrogens is 1170 g/mol. The van der Waals surface area contributed by atoms with Crippen LogP contribution in [0.25, 0.3) is 0 Å². The lowest BCUT2D eigenvalue weighted by atomic mass is 9.84. The number of ether oxygens (including phenoxy) is 5. The number of nitrogens with one attached hydrogen (secondary N) is 1. The van der Waals surface area contributed by atoms with Gasteiger partial charge in [0.2, 0.25) is 22.7 Å².